The highest BCUT2D eigenvalue weighted by molar-refractivity contribution is 6.07. The van der Waals surface area contributed by atoms with Crippen molar-refractivity contribution >= 4 is 11.7 Å². The molecule has 0 spiro atoms. The Morgan fingerprint density at radius 3 is 3.28 bits per heavy atom. The zero-order valence-corrected chi connectivity index (χ0v) is 10.9. The molecule has 0 aromatic carbocycles. The average Bonchev–Trinajstić information content (AvgIpc) is 2.96. The van der Waals surface area contributed by atoms with Gasteiger partial charge >= 0.3 is 0 Å². The van der Waals surface area contributed by atoms with Crippen molar-refractivity contribution in [1.82, 2.24) is 10.2 Å². The number of carbonyl (C=O) groups is 1. The lowest BCUT2D eigenvalue weighted by Crippen LogP contribution is -2.51. The second-order valence-electron chi connectivity index (χ2n) is 5.42. The highest BCUT2D eigenvalue weighted by Crippen LogP contribution is 2.23. The molecule has 3 rings (SSSR count). The van der Waals surface area contributed by atoms with E-state index in [9.17, 15) is 4.79 Å². The first-order valence-electron chi connectivity index (χ1n) is 7.02. The molecule has 3 aliphatic heterocycles. The average molecular weight is 251 g/mol. The van der Waals surface area contributed by atoms with Gasteiger partial charge in [0, 0.05) is 12.6 Å². The molecule has 5 heteroatoms. The lowest BCUT2D eigenvalue weighted by atomic mass is 10.2. The molecular formula is C13H21N3O2. The molecule has 3 unspecified atom stereocenters. The number of hydrogen-bond acceptors (Lipinski definition) is 4. The van der Waals surface area contributed by atoms with Crippen LogP contribution in [0.2, 0.25) is 0 Å². The number of fused-ring (bicyclic) bond motifs is 1. The van der Waals surface area contributed by atoms with Crippen LogP contribution in [-0.2, 0) is 9.53 Å². The SMILES string of the molecule is CCCC1N=C(C2CN3CCCC3CO2)NC1=O. The number of aliphatic imine (C=N–C) groups is 1. The monoisotopic (exact) mass is 251 g/mol. The molecular weight excluding hydrogens is 230 g/mol. The normalized spacial score (nSPS) is 36.4. The molecule has 0 aromatic heterocycles. The smallest absolute Gasteiger partial charge is 0.250 e. The summed E-state index contributed by atoms with van der Waals surface area (Å²) >= 11 is 0. The maximum absolute atomic E-state index is 11.8. The molecule has 1 N–H and O–H groups in total. The van der Waals surface area contributed by atoms with Crippen LogP contribution in [0.25, 0.3) is 0 Å². The summed E-state index contributed by atoms with van der Waals surface area (Å²) in [4.78, 5) is 18.7. The number of amides is 1. The number of nitrogens with one attached hydrogen (secondary N) is 1. The van der Waals surface area contributed by atoms with Gasteiger partial charge in [-0.1, -0.05) is 13.3 Å². The van der Waals surface area contributed by atoms with Gasteiger partial charge in [0.2, 0.25) is 5.91 Å². The first-order valence-corrected chi connectivity index (χ1v) is 7.02. The van der Waals surface area contributed by atoms with E-state index >= 15 is 0 Å². The van der Waals surface area contributed by atoms with E-state index in [-0.39, 0.29) is 18.1 Å². The molecule has 1 amide bonds. The van der Waals surface area contributed by atoms with Gasteiger partial charge in [0.05, 0.1) is 6.61 Å². The van der Waals surface area contributed by atoms with Crippen LogP contribution in [0.1, 0.15) is 32.6 Å². The summed E-state index contributed by atoms with van der Waals surface area (Å²) in [7, 11) is 0. The van der Waals surface area contributed by atoms with Crippen molar-refractivity contribution in [2.24, 2.45) is 4.99 Å². The molecule has 3 heterocycles. The summed E-state index contributed by atoms with van der Waals surface area (Å²) in [6, 6.07) is 0.398. The third kappa shape index (κ3) is 2.17. The van der Waals surface area contributed by atoms with Crippen molar-refractivity contribution in [3.8, 4) is 0 Å². The maximum atomic E-state index is 11.8. The highest BCUT2D eigenvalue weighted by Gasteiger charge is 2.37. The van der Waals surface area contributed by atoms with Gasteiger partial charge in [-0.3, -0.25) is 14.7 Å². The van der Waals surface area contributed by atoms with Crippen molar-refractivity contribution in [3.05, 3.63) is 0 Å². The molecule has 0 saturated carbocycles. The molecule has 0 radical (unpaired) electrons. The van der Waals surface area contributed by atoms with Crippen molar-refractivity contribution in [3.63, 3.8) is 0 Å². The summed E-state index contributed by atoms with van der Waals surface area (Å²) in [5, 5.41) is 2.90. The first-order chi connectivity index (χ1) is 8.78. The molecule has 0 aromatic rings. The second-order valence-corrected chi connectivity index (χ2v) is 5.42. The van der Waals surface area contributed by atoms with E-state index in [2.05, 4.69) is 22.1 Å². The van der Waals surface area contributed by atoms with Gasteiger partial charge in [-0.25, -0.2) is 0 Å². The Morgan fingerprint density at radius 2 is 2.44 bits per heavy atom. The van der Waals surface area contributed by atoms with Crippen molar-refractivity contribution in [1.29, 1.82) is 0 Å². The van der Waals surface area contributed by atoms with E-state index in [4.69, 9.17) is 4.74 Å². The standard InChI is InChI=1S/C13H21N3O2/c1-2-4-10-13(17)15-12(14-10)11-7-16-6-3-5-9(16)8-18-11/h9-11H,2-8H2,1H3,(H,14,15,17). The Labute approximate surface area is 108 Å². The lowest BCUT2D eigenvalue weighted by molar-refractivity contribution is -0.120. The van der Waals surface area contributed by atoms with E-state index in [0.29, 0.717) is 6.04 Å². The molecule has 0 aliphatic carbocycles. The number of amidine groups is 1. The fraction of sp³-hybridized carbons (Fsp3) is 0.846. The number of rotatable bonds is 3. The second kappa shape index (κ2) is 4.97. The van der Waals surface area contributed by atoms with Gasteiger partial charge in [-0.05, 0) is 25.8 Å². The number of ether oxygens (including phenoxy) is 1. The van der Waals surface area contributed by atoms with Gasteiger partial charge in [-0.15, -0.1) is 0 Å². The third-order valence-corrected chi connectivity index (χ3v) is 4.11. The lowest BCUT2D eigenvalue weighted by Gasteiger charge is -2.34. The summed E-state index contributed by atoms with van der Waals surface area (Å²) in [6.45, 7) is 4.89. The number of morpholine rings is 1. The predicted molar refractivity (Wildman–Crippen MR) is 68.6 cm³/mol. The van der Waals surface area contributed by atoms with E-state index in [1.165, 1.54) is 12.8 Å². The van der Waals surface area contributed by atoms with Crippen LogP contribution in [0.4, 0.5) is 0 Å². The zero-order valence-electron chi connectivity index (χ0n) is 10.9. The fourth-order valence-corrected chi connectivity index (χ4v) is 3.08. The van der Waals surface area contributed by atoms with Crippen molar-refractivity contribution in [2.75, 3.05) is 19.7 Å². The van der Waals surface area contributed by atoms with Crippen LogP contribution in [0, 0.1) is 0 Å². The summed E-state index contributed by atoms with van der Waals surface area (Å²) in [5.74, 6) is 0.794. The Balaban J connectivity index is 1.65. The molecule has 2 saturated heterocycles. The summed E-state index contributed by atoms with van der Waals surface area (Å²) in [6.07, 6.45) is 4.27. The van der Waals surface area contributed by atoms with Crippen molar-refractivity contribution < 1.29 is 9.53 Å². The molecule has 3 atom stereocenters. The van der Waals surface area contributed by atoms with Crippen LogP contribution in [0.3, 0.4) is 0 Å². The van der Waals surface area contributed by atoms with Crippen LogP contribution in [0.15, 0.2) is 4.99 Å². The van der Waals surface area contributed by atoms with E-state index in [1.807, 2.05) is 0 Å². The van der Waals surface area contributed by atoms with Gasteiger partial charge in [0.15, 0.2) is 0 Å². The molecule has 3 aliphatic rings. The molecule has 100 valence electrons. The van der Waals surface area contributed by atoms with Gasteiger partial charge in [0.1, 0.15) is 18.0 Å². The summed E-state index contributed by atoms with van der Waals surface area (Å²) in [5.41, 5.74) is 0. The largest absolute Gasteiger partial charge is 0.367 e. The fourth-order valence-electron chi connectivity index (χ4n) is 3.08. The Morgan fingerprint density at radius 1 is 1.56 bits per heavy atom. The Hall–Kier alpha value is -0.940. The third-order valence-electron chi connectivity index (χ3n) is 4.11. The maximum Gasteiger partial charge on any atom is 0.250 e. The zero-order chi connectivity index (χ0) is 12.5. The molecule has 18 heavy (non-hydrogen) atoms. The number of nitrogens with zero attached hydrogens (tertiary/aromatic N) is 2. The van der Waals surface area contributed by atoms with E-state index in [0.717, 1.165) is 38.4 Å². The molecule has 0 bridgehead atoms. The van der Waals surface area contributed by atoms with E-state index < -0.39 is 0 Å². The van der Waals surface area contributed by atoms with Gasteiger partial charge < -0.3 is 10.1 Å². The van der Waals surface area contributed by atoms with Gasteiger partial charge in [-0.2, -0.15) is 0 Å². The number of carbonyl (C=O) groups excluding carboxylic acids is 1. The quantitative estimate of drug-likeness (QED) is 0.797. The number of hydrogen-bond donors (Lipinski definition) is 1. The Bertz CT molecular complexity index is 369. The van der Waals surface area contributed by atoms with Gasteiger partial charge in [0.25, 0.3) is 0 Å². The van der Waals surface area contributed by atoms with E-state index in [1.54, 1.807) is 0 Å². The van der Waals surface area contributed by atoms with Crippen LogP contribution in [-0.4, -0.2) is 54.5 Å². The molecule has 5 nitrogen and oxygen atoms in total. The minimum atomic E-state index is -0.190. The topological polar surface area (TPSA) is 53.9 Å². The summed E-state index contributed by atoms with van der Waals surface area (Å²) < 4.78 is 5.86. The molecule has 2 fully saturated rings. The minimum absolute atomic E-state index is 0.0369. The van der Waals surface area contributed by atoms with Crippen LogP contribution in [0.5, 0.6) is 0 Å². The Kier molecular flexibility index (Phi) is 3.35. The van der Waals surface area contributed by atoms with Crippen LogP contribution >= 0.6 is 0 Å². The highest BCUT2D eigenvalue weighted by atomic mass is 16.5. The first kappa shape index (κ1) is 12.1. The predicted octanol–water partition coefficient (Wildman–Crippen LogP) is 0.547. The minimum Gasteiger partial charge on any atom is -0.367 e. The van der Waals surface area contributed by atoms with Crippen LogP contribution < -0.4 is 5.32 Å². The van der Waals surface area contributed by atoms with Crippen molar-refractivity contribution in [2.45, 2.75) is 50.8 Å².